The second kappa shape index (κ2) is 23.6. The molecule has 0 unspecified atom stereocenters. The van der Waals surface area contributed by atoms with Gasteiger partial charge in [0.25, 0.3) is 0 Å². The summed E-state index contributed by atoms with van der Waals surface area (Å²) in [7, 11) is 0. The van der Waals surface area contributed by atoms with Crippen LogP contribution in [0.4, 0.5) is 5.82 Å². The van der Waals surface area contributed by atoms with Crippen molar-refractivity contribution in [1.82, 2.24) is 40.0 Å². The summed E-state index contributed by atoms with van der Waals surface area (Å²) in [4.78, 5) is 56.4. The summed E-state index contributed by atoms with van der Waals surface area (Å²) >= 11 is 1.57. The first-order valence-corrected chi connectivity index (χ1v) is 26.4. The number of carbonyl (C=O) groups excluding carboxylic acids is 3. The van der Waals surface area contributed by atoms with E-state index in [9.17, 15) is 24.6 Å². The van der Waals surface area contributed by atoms with Crippen molar-refractivity contribution in [2.75, 3.05) is 57.4 Å². The van der Waals surface area contributed by atoms with Gasteiger partial charge in [-0.1, -0.05) is 107 Å². The maximum Gasteiger partial charge on any atom is 0.246 e. The fourth-order valence-electron chi connectivity index (χ4n) is 9.97. The number of nitrogens with one attached hydrogen (secondary N) is 2. The Bertz CT molecular complexity index is 2820. The molecule has 2 saturated heterocycles. The number of nitrogens with zero attached hydrogens (tertiary/aromatic N) is 7. The molecule has 3 atom stereocenters. The molecule has 0 saturated carbocycles. The number of unbranched alkanes of at least 4 members (excludes halogenated alkanes) is 4. The molecule has 2 aliphatic rings. The summed E-state index contributed by atoms with van der Waals surface area (Å²) in [5, 5.41) is 31.0. The van der Waals surface area contributed by atoms with E-state index in [4.69, 9.17) is 14.8 Å². The Morgan fingerprint density at radius 2 is 1.62 bits per heavy atom. The highest BCUT2D eigenvalue weighted by Crippen LogP contribution is 2.35. The number of aryl methyl sites for hydroxylation is 3. The van der Waals surface area contributed by atoms with E-state index >= 15 is 0 Å². The topological polar surface area (TPSA) is 178 Å². The molecule has 6 aromatic rings. The molecule has 2 fully saturated rings. The fraction of sp³-hybridized carbons (Fsp3) is 0.464. The average Bonchev–Trinajstić information content (AvgIpc) is 4.08. The lowest BCUT2D eigenvalue weighted by molar-refractivity contribution is -0.143. The summed E-state index contributed by atoms with van der Waals surface area (Å²) in [6.07, 6.45) is 5.32. The van der Waals surface area contributed by atoms with Gasteiger partial charge < -0.3 is 35.4 Å². The lowest BCUT2D eigenvalue weighted by atomic mass is 9.85. The number of amides is 3. The molecule has 3 amide bonds. The van der Waals surface area contributed by atoms with Gasteiger partial charge in [0.05, 0.1) is 46.8 Å². The first-order valence-electron chi connectivity index (χ1n) is 25.5. The van der Waals surface area contributed by atoms with Crippen LogP contribution in [0, 0.1) is 19.3 Å². The van der Waals surface area contributed by atoms with E-state index in [1.807, 2.05) is 74.1 Å². The van der Waals surface area contributed by atoms with Gasteiger partial charge in [0.2, 0.25) is 17.7 Å². The molecule has 5 heterocycles. The summed E-state index contributed by atoms with van der Waals surface area (Å²) < 4.78 is 8.49. The first-order chi connectivity index (χ1) is 34.7. The van der Waals surface area contributed by atoms with E-state index in [2.05, 4.69) is 74.8 Å². The third kappa shape index (κ3) is 12.5. The highest BCUT2D eigenvalue weighted by atomic mass is 32.1. The fourth-order valence-corrected chi connectivity index (χ4v) is 10.8. The van der Waals surface area contributed by atoms with Gasteiger partial charge in [0.15, 0.2) is 5.65 Å². The molecule has 2 aliphatic heterocycles. The number of carbonyl (C=O) groups is 3. The molecule has 4 N–H and O–H groups in total. The van der Waals surface area contributed by atoms with E-state index in [0.717, 1.165) is 126 Å². The molecule has 0 aliphatic carbocycles. The number of benzene rings is 3. The van der Waals surface area contributed by atoms with Gasteiger partial charge in [-0.25, -0.2) is 9.97 Å². The van der Waals surface area contributed by atoms with Crippen molar-refractivity contribution in [3.05, 3.63) is 107 Å². The van der Waals surface area contributed by atoms with E-state index in [-0.39, 0.29) is 37.9 Å². The predicted octanol–water partition coefficient (Wildman–Crippen LogP) is 7.62. The third-order valence-corrected chi connectivity index (χ3v) is 14.8. The molecule has 72 heavy (non-hydrogen) atoms. The summed E-state index contributed by atoms with van der Waals surface area (Å²) in [5.41, 5.74) is 11.2. The molecule has 15 nitrogen and oxygen atoms in total. The minimum Gasteiger partial charge on any atom is -0.493 e. The molecule has 0 radical (unpaired) electrons. The Morgan fingerprint density at radius 1 is 0.875 bits per heavy atom. The lowest BCUT2D eigenvalue weighted by Crippen LogP contribution is -2.57. The molecule has 0 bridgehead atoms. The van der Waals surface area contributed by atoms with Crippen molar-refractivity contribution in [3.8, 4) is 38.6 Å². The van der Waals surface area contributed by atoms with Gasteiger partial charge in [0, 0.05) is 81.9 Å². The van der Waals surface area contributed by atoms with Crippen LogP contribution in [0.15, 0.2) is 84.4 Å². The van der Waals surface area contributed by atoms with Crippen LogP contribution in [-0.4, -0.2) is 128 Å². The van der Waals surface area contributed by atoms with E-state index < -0.39 is 29.5 Å². The van der Waals surface area contributed by atoms with E-state index in [0.29, 0.717) is 18.9 Å². The highest BCUT2D eigenvalue weighted by molar-refractivity contribution is 7.13. The number of thiazole rings is 1. The number of piperazine rings is 1. The second-order valence-electron chi connectivity index (χ2n) is 20.4. The summed E-state index contributed by atoms with van der Waals surface area (Å²) in [6, 6.07) is 25.6. The Labute approximate surface area is 427 Å². The van der Waals surface area contributed by atoms with Crippen molar-refractivity contribution in [2.24, 2.45) is 5.41 Å². The number of β-amino-alcohol motifs (C(OH)–C–C–N with tert-alkyl or cyclic N) is 2. The number of anilines is 1. The van der Waals surface area contributed by atoms with Crippen LogP contribution in [0.5, 0.6) is 5.75 Å². The smallest absolute Gasteiger partial charge is 0.246 e. The zero-order valence-corrected chi connectivity index (χ0v) is 43.5. The average molecular weight is 998 g/mol. The zero-order chi connectivity index (χ0) is 50.9. The molecular formula is C56H71N9O6S. The van der Waals surface area contributed by atoms with Crippen LogP contribution in [0.3, 0.4) is 0 Å². The number of likely N-dealkylation sites (tertiary alicyclic amines) is 1. The predicted molar refractivity (Wildman–Crippen MR) is 284 cm³/mol. The third-order valence-electron chi connectivity index (χ3n) is 13.9. The molecule has 8 rings (SSSR count). The summed E-state index contributed by atoms with van der Waals surface area (Å²) in [6.45, 7) is 16.0. The number of fused-ring (bicyclic) bond motifs is 1. The van der Waals surface area contributed by atoms with Crippen molar-refractivity contribution in [3.63, 3.8) is 0 Å². The lowest BCUT2D eigenvalue weighted by Gasteiger charge is -2.35. The Balaban J connectivity index is 0.873. The zero-order valence-electron chi connectivity index (χ0n) is 42.7. The molecule has 3 aromatic heterocycles. The van der Waals surface area contributed by atoms with Crippen LogP contribution >= 0.6 is 11.3 Å². The number of hydrogen-bond acceptors (Lipinski definition) is 12. The van der Waals surface area contributed by atoms with Crippen molar-refractivity contribution >= 4 is 40.5 Å². The molecule has 16 heteroatoms. The number of aliphatic hydroxyl groups is 2. The van der Waals surface area contributed by atoms with Gasteiger partial charge in [-0.05, 0) is 61.3 Å². The van der Waals surface area contributed by atoms with E-state index in [1.165, 1.54) is 17.4 Å². The second-order valence-corrected chi connectivity index (χ2v) is 21.2. The van der Waals surface area contributed by atoms with Crippen molar-refractivity contribution in [2.45, 2.75) is 111 Å². The largest absolute Gasteiger partial charge is 0.493 e. The molecule has 0 spiro atoms. The van der Waals surface area contributed by atoms with Gasteiger partial charge in [-0.3, -0.25) is 19.3 Å². The maximum atomic E-state index is 13.8. The van der Waals surface area contributed by atoms with Gasteiger partial charge in [0.1, 0.15) is 23.7 Å². The highest BCUT2D eigenvalue weighted by Gasteiger charge is 2.44. The molecule has 382 valence electrons. The Morgan fingerprint density at radius 3 is 2.35 bits per heavy atom. The monoisotopic (exact) mass is 998 g/mol. The number of hydrogen-bond donors (Lipinski definition) is 4. The number of aliphatic hydroxyl groups excluding tert-OH is 2. The van der Waals surface area contributed by atoms with Crippen LogP contribution in [-0.2, 0) is 27.3 Å². The van der Waals surface area contributed by atoms with Gasteiger partial charge in [-0.15, -0.1) is 11.3 Å². The van der Waals surface area contributed by atoms with Crippen molar-refractivity contribution in [1.29, 1.82) is 0 Å². The van der Waals surface area contributed by atoms with Gasteiger partial charge in [-0.2, -0.15) is 9.61 Å². The number of aromatic nitrogens is 4. The molecular weight excluding hydrogens is 927 g/mol. The Hall–Kier alpha value is -6.20. The van der Waals surface area contributed by atoms with E-state index in [1.54, 1.807) is 11.3 Å². The van der Waals surface area contributed by atoms with Crippen molar-refractivity contribution < 1.29 is 29.3 Å². The normalized spacial score (nSPS) is 16.8. The van der Waals surface area contributed by atoms with Crippen LogP contribution < -0.4 is 20.3 Å². The standard InChI is InChI=1S/C56H71N9O6S/c1-37-50(53-60-46(41-18-12-10-13-19-41)33-49(65(53)61-37)63-25-23-62(24-26-63)27-28-66)42-20-15-17-40(30-42)16-11-8-7-9-14-29-71-48-31-43(51-38(2)58-36-72-51)21-22-44(48)34-57-54(69)47-32-45(68)35-64(47)55(70)52(56(4,5)6)59-39(3)67/h10,12-13,15,17-22,30-31,33,36,45,47,52,66,68H,7-9,11,14,16,23-29,32,34-35H2,1-6H3,(H,57,69)(H,59,67)/t45-,47+,52-/m1/s1. The van der Waals surface area contributed by atoms with Gasteiger partial charge >= 0.3 is 0 Å². The SMILES string of the molecule is CC(=O)N[C@H](C(=O)N1C[C@H](O)C[C@H]1C(=O)NCc1ccc(-c2scnc2C)cc1OCCCCCCCc1cccc(-c2c(C)nn3c(N4CCN(CCO)CC4)cc(-c4ccccc4)nc23)c1)C(C)(C)C. The quantitative estimate of drug-likeness (QED) is 0.0554. The minimum absolute atomic E-state index is 0.0137. The maximum absolute atomic E-state index is 13.8. The van der Waals surface area contributed by atoms with Crippen LogP contribution in [0.1, 0.15) is 88.7 Å². The first kappa shape index (κ1) is 52.1. The van der Waals surface area contributed by atoms with Crippen LogP contribution in [0.2, 0.25) is 0 Å². The number of rotatable bonds is 20. The molecule has 3 aromatic carbocycles. The Kier molecular flexibility index (Phi) is 17.1. The minimum atomic E-state index is -0.879. The number of ether oxygens (including phenoxy) is 1. The summed E-state index contributed by atoms with van der Waals surface area (Å²) in [5.74, 6) is 0.612. The van der Waals surface area contributed by atoms with Crippen LogP contribution in [0.25, 0.3) is 38.5 Å².